The number of hydrogen-bond acceptors (Lipinski definition) is 4. The fourth-order valence-corrected chi connectivity index (χ4v) is 2.52. The largest absolute Gasteiger partial charge is 0.502 e. The van der Waals surface area contributed by atoms with Crippen molar-refractivity contribution < 1.29 is 24.2 Å². The molecular formula is C15H11FO4S. The van der Waals surface area contributed by atoms with Gasteiger partial charge in [0.1, 0.15) is 5.82 Å². The Balaban J connectivity index is 2.11. The average molecular weight is 306 g/mol. The van der Waals surface area contributed by atoms with E-state index in [-0.39, 0.29) is 5.82 Å². The van der Waals surface area contributed by atoms with E-state index in [1.807, 2.05) is 0 Å². The first-order chi connectivity index (χ1) is 9.95. The van der Waals surface area contributed by atoms with Crippen LogP contribution in [0, 0.1) is 5.82 Å². The van der Waals surface area contributed by atoms with E-state index in [9.17, 15) is 14.0 Å². The molecule has 0 saturated heterocycles. The summed E-state index contributed by atoms with van der Waals surface area (Å²) in [5.41, 5.74) is 1.76. The van der Waals surface area contributed by atoms with Crippen LogP contribution in [-0.4, -0.2) is 22.0 Å². The highest BCUT2D eigenvalue weighted by atomic mass is 32.1. The van der Waals surface area contributed by atoms with Crippen LogP contribution < -0.4 is 0 Å². The van der Waals surface area contributed by atoms with Gasteiger partial charge in [0.2, 0.25) is 5.76 Å². The zero-order valence-electron chi connectivity index (χ0n) is 10.7. The first-order valence-corrected chi connectivity index (χ1v) is 6.84. The van der Waals surface area contributed by atoms with E-state index in [2.05, 4.69) is 0 Å². The van der Waals surface area contributed by atoms with Gasteiger partial charge in [0.05, 0.1) is 4.88 Å². The van der Waals surface area contributed by atoms with E-state index in [0.29, 0.717) is 17.4 Å². The molecule has 0 amide bonds. The molecule has 0 radical (unpaired) electrons. The van der Waals surface area contributed by atoms with Crippen LogP contribution in [0.5, 0.6) is 0 Å². The van der Waals surface area contributed by atoms with Crippen molar-refractivity contribution in [2.45, 2.75) is 6.42 Å². The molecule has 0 bridgehead atoms. The van der Waals surface area contributed by atoms with Gasteiger partial charge >= 0.3 is 5.97 Å². The molecule has 0 aliphatic rings. The smallest absolute Gasteiger partial charge is 0.371 e. The highest BCUT2D eigenvalue weighted by molar-refractivity contribution is 7.12. The number of carbonyl (C=O) groups excluding carboxylic acids is 1. The molecule has 0 aliphatic carbocycles. The number of benzene rings is 1. The van der Waals surface area contributed by atoms with Crippen molar-refractivity contribution in [3.63, 3.8) is 0 Å². The lowest BCUT2D eigenvalue weighted by Gasteiger charge is -1.98. The number of carboxylic acid groups (broad SMARTS) is 1. The van der Waals surface area contributed by atoms with Crippen molar-refractivity contribution in [1.29, 1.82) is 0 Å². The van der Waals surface area contributed by atoms with Crippen LogP contribution >= 0.6 is 11.3 Å². The minimum atomic E-state index is -1.55. The topological polar surface area (TPSA) is 74.6 Å². The molecule has 0 aliphatic heterocycles. The van der Waals surface area contributed by atoms with Gasteiger partial charge in [0.25, 0.3) is 0 Å². The fourth-order valence-electron chi connectivity index (χ4n) is 1.69. The van der Waals surface area contributed by atoms with Crippen LogP contribution in [0.3, 0.4) is 0 Å². The number of aliphatic hydroxyl groups excluding tert-OH is 1. The third-order valence-electron chi connectivity index (χ3n) is 2.71. The van der Waals surface area contributed by atoms with Crippen LogP contribution in [0.1, 0.15) is 20.8 Å². The van der Waals surface area contributed by atoms with Gasteiger partial charge in [-0.15, -0.1) is 11.3 Å². The quantitative estimate of drug-likeness (QED) is 0.505. The molecular weight excluding hydrogens is 295 g/mol. The second kappa shape index (κ2) is 6.32. The van der Waals surface area contributed by atoms with Gasteiger partial charge in [-0.2, -0.15) is 0 Å². The summed E-state index contributed by atoms with van der Waals surface area (Å²) in [6, 6.07) is 7.67. The summed E-state index contributed by atoms with van der Waals surface area (Å²) in [6.45, 7) is 0. The third kappa shape index (κ3) is 4.00. The van der Waals surface area contributed by atoms with E-state index in [0.717, 1.165) is 22.5 Å². The summed E-state index contributed by atoms with van der Waals surface area (Å²) in [5.74, 6) is -3.42. The van der Waals surface area contributed by atoms with Crippen molar-refractivity contribution in [2.24, 2.45) is 0 Å². The molecule has 4 nitrogen and oxygen atoms in total. The molecule has 6 heteroatoms. The number of ketones is 1. The van der Waals surface area contributed by atoms with E-state index in [1.165, 1.54) is 12.1 Å². The van der Waals surface area contributed by atoms with Gasteiger partial charge in [0.15, 0.2) is 5.78 Å². The Morgan fingerprint density at radius 2 is 1.81 bits per heavy atom. The van der Waals surface area contributed by atoms with Crippen molar-refractivity contribution in [3.05, 3.63) is 69.4 Å². The summed E-state index contributed by atoms with van der Waals surface area (Å²) >= 11 is 1.16. The number of rotatable bonds is 5. The van der Waals surface area contributed by atoms with E-state index < -0.39 is 17.5 Å². The number of allylic oxidation sites excluding steroid dienone is 1. The van der Waals surface area contributed by atoms with Crippen LogP contribution in [0.2, 0.25) is 0 Å². The summed E-state index contributed by atoms with van der Waals surface area (Å²) in [6.07, 6.45) is 1.22. The second-order valence-corrected chi connectivity index (χ2v) is 5.23. The zero-order chi connectivity index (χ0) is 15.4. The van der Waals surface area contributed by atoms with Crippen molar-refractivity contribution in [1.82, 2.24) is 0 Å². The molecule has 0 unspecified atom stereocenters. The maximum atomic E-state index is 12.8. The molecule has 1 heterocycles. The Morgan fingerprint density at radius 3 is 2.43 bits per heavy atom. The molecule has 2 aromatic rings. The summed E-state index contributed by atoms with van der Waals surface area (Å²) in [5, 5.41) is 19.3. The number of carboxylic acids is 1. The Hall–Kier alpha value is -2.47. The lowest BCUT2D eigenvalue weighted by atomic mass is 10.1. The Kier molecular flexibility index (Phi) is 4.49. The second-order valence-electron chi connectivity index (χ2n) is 4.32. The number of aliphatic hydroxyl groups is 1. The van der Waals surface area contributed by atoms with Gasteiger partial charge in [-0.3, -0.25) is 4.79 Å². The molecule has 0 atom stereocenters. The van der Waals surface area contributed by atoms with Crippen molar-refractivity contribution >= 4 is 23.1 Å². The lowest BCUT2D eigenvalue weighted by Crippen LogP contribution is -2.02. The minimum Gasteiger partial charge on any atom is -0.502 e. The number of thiophene rings is 1. The molecule has 108 valence electrons. The number of carbonyl (C=O) groups is 2. The Labute approximate surface area is 123 Å². The molecule has 0 fully saturated rings. The molecule has 0 spiro atoms. The highest BCUT2D eigenvalue weighted by Crippen LogP contribution is 2.19. The Morgan fingerprint density at radius 1 is 1.14 bits per heavy atom. The molecule has 1 aromatic carbocycles. The first kappa shape index (κ1) is 14.9. The SMILES string of the molecule is O=C(O)/C(O)=C/C(=O)c1cc(Cc2ccc(F)cc2)cs1. The highest BCUT2D eigenvalue weighted by Gasteiger charge is 2.12. The predicted molar refractivity (Wildman–Crippen MR) is 76.2 cm³/mol. The maximum Gasteiger partial charge on any atom is 0.371 e. The standard InChI is InChI=1S/C15H11FO4S/c16-11-3-1-9(2-4-11)5-10-6-14(21-8-10)12(17)7-13(18)15(19)20/h1-4,6-8,18H,5H2,(H,19,20)/b13-7-. The summed E-state index contributed by atoms with van der Waals surface area (Å²) in [7, 11) is 0. The van der Waals surface area contributed by atoms with E-state index in [4.69, 9.17) is 10.2 Å². The van der Waals surface area contributed by atoms with Gasteiger partial charge in [-0.25, -0.2) is 9.18 Å². The van der Waals surface area contributed by atoms with Gasteiger partial charge < -0.3 is 10.2 Å². The molecule has 2 rings (SSSR count). The molecule has 2 N–H and O–H groups in total. The lowest BCUT2D eigenvalue weighted by molar-refractivity contribution is -0.135. The third-order valence-corrected chi connectivity index (χ3v) is 3.70. The van der Waals surface area contributed by atoms with Crippen LogP contribution in [0.4, 0.5) is 4.39 Å². The molecule has 0 saturated carbocycles. The van der Waals surface area contributed by atoms with Crippen LogP contribution in [-0.2, 0) is 11.2 Å². The van der Waals surface area contributed by atoms with Gasteiger partial charge in [0, 0.05) is 6.08 Å². The van der Waals surface area contributed by atoms with Crippen LogP contribution in [0.15, 0.2) is 47.5 Å². The van der Waals surface area contributed by atoms with Gasteiger partial charge in [-0.1, -0.05) is 12.1 Å². The predicted octanol–water partition coefficient (Wildman–Crippen LogP) is 3.19. The normalized spacial score (nSPS) is 11.4. The zero-order valence-corrected chi connectivity index (χ0v) is 11.6. The molecule has 21 heavy (non-hydrogen) atoms. The van der Waals surface area contributed by atoms with Crippen LogP contribution in [0.25, 0.3) is 0 Å². The summed E-state index contributed by atoms with van der Waals surface area (Å²) in [4.78, 5) is 22.5. The first-order valence-electron chi connectivity index (χ1n) is 5.96. The fraction of sp³-hybridized carbons (Fsp3) is 0.0667. The monoisotopic (exact) mass is 306 g/mol. The van der Waals surface area contributed by atoms with Gasteiger partial charge in [-0.05, 0) is 41.1 Å². The van der Waals surface area contributed by atoms with E-state index >= 15 is 0 Å². The molecule has 1 aromatic heterocycles. The number of halogens is 1. The van der Waals surface area contributed by atoms with Crippen molar-refractivity contribution in [2.75, 3.05) is 0 Å². The number of hydrogen-bond donors (Lipinski definition) is 2. The summed E-state index contributed by atoms with van der Waals surface area (Å²) < 4.78 is 12.8. The average Bonchev–Trinajstić information content (AvgIpc) is 2.90. The maximum absolute atomic E-state index is 12.8. The Bertz CT molecular complexity index is 701. The van der Waals surface area contributed by atoms with E-state index in [1.54, 1.807) is 23.6 Å². The van der Waals surface area contributed by atoms with Crippen molar-refractivity contribution in [3.8, 4) is 0 Å². The number of aliphatic carboxylic acids is 1. The minimum absolute atomic E-state index is 0.311.